The number of alkyl halides is 3. The molecule has 0 aliphatic heterocycles. The van der Waals surface area contributed by atoms with Crippen LogP contribution in [-0.4, -0.2) is 25.9 Å². The Balaban J connectivity index is 1.96. The first kappa shape index (κ1) is 16.5. The van der Waals surface area contributed by atoms with E-state index in [1.165, 1.54) is 4.52 Å². The molecule has 26 heavy (non-hydrogen) atoms. The van der Waals surface area contributed by atoms with E-state index in [1.54, 1.807) is 24.3 Å². The summed E-state index contributed by atoms with van der Waals surface area (Å²) in [5, 5.41) is 4.69. The molecular formula is C16H7ClF4N4O. The van der Waals surface area contributed by atoms with Crippen LogP contribution in [0.4, 0.5) is 17.6 Å². The second-order valence-corrected chi connectivity index (χ2v) is 5.60. The Labute approximate surface area is 147 Å². The fraction of sp³-hybridized carbons (Fsp3) is 0.0625. The highest BCUT2D eigenvalue weighted by Crippen LogP contribution is 2.34. The molecule has 0 fully saturated rings. The Morgan fingerprint density at radius 2 is 1.81 bits per heavy atom. The third kappa shape index (κ3) is 2.90. The molecule has 0 aliphatic rings. The highest BCUT2D eigenvalue weighted by atomic mass is 35.5. The molecule has 4 aromatic rings. The Morgan fingerprint density at radius 3 is 2.58 bits per heavy atom. The van der Waals surface area contributed by atoms with Gasteiger partial charge in [0.2, 0.25) is 5.28 Å². The number of fused-ring (bicyclic) bond motifs is 3. The van der Waals surface area contributed by atoms with Crippen LogP contribution in [0.1, 0.15) is 0 Å². The molecule has 2 heterocycles. The van der Waals surface area contributed by atoms with Gasteiger partial charge in [-0.1, -0.05) is 12.1 Å². The van der Waals surface area contributed by atoms with E-state index in [-0.39, 0.29) is 16.7 Å². The van der Waals surface area contributed by atoms with E-state index < -0.39 is 17.9 Å². The van der Waals surface area contributed by atoms with E-state index in [1.807, 2.05) is 0 Å². The maximum atomic E-state index is 13.4. The van der Waals surface area contributed by atoms with Crippen LogP contribution in [0.25, 0.3) is 27.9 Å². The zero-order valence-electron chi connectivity index (χ0n) is 12.6. The van der Waals surface area contributed by atoms with Crippen molar-refractivity contribution in [3.05, 3.63) is 53.6 Å². The number of hydrogen-bond donors (Lipinski definition) is 0. The van der Waals surface area contributed by atoms with Gasteiger partial charge in [-0.25, -0.2) is 14.4 Å². The zero-order chi connectivity index (χ0) is 18.5. The van der Waals surface area contributed by atoms with Crippen molar-refractivity contribution >= 4 is 28.2 Å². The molecular weight excluding hydrogens is 376 g/mol. The third-order valence-electron chi connectivity index (χ3n) is 3.55. The van der Waals surface area contributed by atoms with Crippen LogP contribution in [0.2, 0.25) is 5.28 Å². The fourth-order valence-electron chi connectivity index (χ4n) is 2.53. The molecule has 2 aromatic heterocycles. The van der Waals surface area contributed by atoms with Crippen molar-refractivity contribution in [1.29, 1.82) is 0 Å². The van der Waals surface area contributed by atoms with Crippen molar-refractivity contribution in [3.8, 4) is 17.1 Å². The van der Waals surface area contributed by atoms with Gasteiger partial charge in [0.05, 0.1) is 11.1 Å². The summed E-state index contributed by atoms with van der Waals surface area (Å²) in [6.07, 6.45) is -4.99. The van der Waals surface area contributed by atoms with Gasteiger partial charge < -0.3 is 4.74 Å². The van der Waals surface area contributed by atoms with E-state index in [9.17, 15) is 17.6 Å². The van der Waals surface area contributed by atoms with E-state index in [0.717, 1.165) is 12.1 Å². The van der Waals surface area contributed by atoms with Gasteiger partial charge in [0.25, 0.3) is 0 Å². The zero-order valence-corrected chi connectivity index (χ0v) is 13.4. The van der Waals surface area contributed by atoms with Crippen LogP contribution >= 0.6 is 11.6 Å². The molecule has 0 atom stereocenters. The second-order valence-electron chi connectivity index (χ2n) is 5.26. The minimum absolute atomic E-state index is 0.0159. The predicted octanol–water partition coefficient (Wildman–Crippen LogP) is 4.64. The number of ether oxygens (including phenoxy) is 1. The molecule has 5 nitrogen and oxygen atoms in total. The molecule has 0 saturated carbocycles. The molecule has 0 radical (unpaired) electrons. The van der Waals surface area contributed by atoms with Crippen molar-refractivity contribution in [1.82, 2.24) is 19.6 Å². The van der Waals surface area contributed by atoms with Crippen LogP contribution in [0.3, 0.4) is 0 Å². The predicted molar refractivity (Wildman–Crippen MR) is 85.4 cm³/mol. The Morgan fingerprint density at radius 1 is 1.04 bits per heavy atom. The largest absolute Gasteiger partial charge is 0.573 e. The molecule has 0 spiro atoms. The molecule has 0 bridgehead atoms. The van der Waals surface area contributed by atoms with Crippen LogP contribution in [0, 0.1) is 5.82 Å². The van der Waals surface area contributed by atoms with Crippen molar-refractivity contribution < 1.29 is 22.3 Å². The topological polar surface area (TPSA) is 52.3 Å². The molecule has 0 unspecified atom stereocenters. The Kier molecular flexibility index (Phi) is 3.69. The van der Waals surface area contributed by atoms with Crippen molar-refractivity contribution in [2.24, 2.45) is 0 Å². The summed E-state index contributed by atoms with van der Waals surface area (Å²) >= 11 is 6.09. The minimum Gasteiger partial charge on any atom is -0.405 e. The lowest BCUT2D eigenvalue weighted by Gasteiger charge is -2.11. The Bertz CT molecular complexity index is 1140. The van der Waals surface area contributed by atoms with Crippen LogP contribution in [-0.2, 0) is 0 Å². The molecule has 0 amide bonds. The van der Waals surface area contributed by atoms with Gasteiger partial charge in [0.1, 0.15) is 11.6 Å². The Hall–Kier alpha value is -2.94. The number of aromatic nitrogens is 4. The lowest BCUT2D eigenvalue weighted by molar-refractivity contribution is -0.274. The highest BCUT2D eigenvalue weighted by molar-refractivity contribution is 6.29. The van der Waals surface area contributed by atoms with E-state index in [0.29, 0.717) is 22.6 Å². The summed E-state index contributed by atoms with van der Waals surface area (Å²) in [5.41, 5.74) is 0.722. The molecule has 132 valence electrons. The normalized spacial score (nSPS) is 12.0. The lowest BCUT2D eigenvalue weighted by atomic mass is 10.2. The first-order valence-electron chi connectivity index (χ1n) is 7.18. The number of nitrogens with zero attached hydrogens (tertiary/aromatic N) is 4. The average Bonchev–Trinajstić information content (AvgIpc) is 2.99. The van der Waals surface area contributed by atoms with Gasteiger partial charge in [-0.3, -0.25) is 0 Å². The molecule has 0 saturated heterocycles. The van der Waals surface area contributed by atoms with Crippen molar-refractivity contribution in [3.63, 3.8) is 0 Å². The van der Waals surface area contributed by atoms with Gasteiger partial charge in [-0.15, -0.1) is 18.3 Å². The summed E-state index contributed by atoms with van der Waals surface area (Å²) in [4.78, 5) is 8.41. The molecule has 10 heteroatoms. The van der Waals surface area contributed by atoms with Gasteiger partial charge in [0, 0.05) is 11.5 Å². The number of hydrogen-bond acceptors (Lipinski definition) is 4. The third-order valence-corrected chi connectivity index (χ3v) is 3.79. The summed E-state index contributed by atoms with van der Waals surface area (Å²) in [6, 6.07) is 9.66. The number of para-hydroxylation sites is 1. The van der Waals surface area contributed by atoms with Gasteiger partial charge in [-0.2, -0.15) is 4.52 Å². The monoisotopic (exact) mass is 382 g/mol. The van der Waals surface area contributed by atoms with Crippen LogP contribution < -0.4 is 4.74 Å². The summed E-state index contributed by atoms with van der Waals surface area (Å²) in [5.74, 6) is -1.74. The second kappa shape index (κ2) is 5.80. The summed E-state index contributed by atoms with van der Waals surface area (Å²) in [7, 11) is 0. The molecule has 2 aromatic carbocycles. The lowest BCUT2D eigenvalue weighted by Crippen LogP contribution is -2.17. The maximum absolute atomic E-state index is 13.4. The van der Waals surface area contributed by atoms with Crippen LogP contribution in [0.5, 0.6) is 5.75 Å². The quantitative estimate of drug-likeness (QED) is 0.374. The van der Waals surface area contributed by atoms with Crippen molar-refractivity contribution in [2.45, 2.75) is 6.36 Å². The van der Waals surface area contributed by atoms with E-state index in [4.69, 9.17) is 11.6 Å². The van der Waals surface area contributed by atoms with E-state index in [2.05, 4.69) is 19.8 Å². The average molecular weight is 383 g/mol. The first-order chi connectivity index (χ1) is 12.3. The van der Waals surface area contributed by atoms with Gasteiger partial charge in [0.15, 0.2) is 11.5 Å². The minimum atomic E-state index is -4.99. The van der Waals surface area contributed by atoms with Crippen LogP contribution in [0.15, 0.2) is 42.5 Å². The highest BCUT2D eigenvalue weighted by Gasteiger charge is 2.33. The molecule has 4 rings (SSSR count). The fourth-order valence-corrected chi connectivity index (χ4v) is 2.74. The van der Waals surface area contributed by atoms with Gasteiger partial charge in [-0.05, 0) is 35.9 Å². The van der Waals surface area contributed by atoms with Crippen molar-refractivity contribution in [2.75, 3.05) is 0 Å². The SMILES string of the molecule is Fc1ccc(-c2nc3c4ccccc4nc(Cl)n3n2)c(OC(F)(F)F)c1. The molecule has 0 aliphatic carbocycles. The number of rotatable bonds is 2. The summed E-state index contributed by atoms with van der Waals surface area (Å²) in [6.45, 7) is 0. The number of halogens is 5. The first-order valence-corrected chi connectivity index (χ1v) is 7.56. The summed E-state index contributed by atoms with van der Waals surface area (Å²) < 4.78 is 56.4. The smallest absolute Gasteiger partial charge is 0.405 e. The standard InChI is InChI=1S/C16H7ClF4N4O/c17-15-22-11-4-2-1-3-9(11)14-23-13(24-25(14)15)10-6-5-8(18)7-12(10)26-16(19,20)21/h1-7H. The van der Waals surface area contributed by atoms with Gasteiger partial charge >= 0.3 is 6.36 Å². The molecule has 0 N–H and O–H groups in total. The number of benzene rings is 2. The maximum Gasteiger partial charge on any atom is 0.573 e. The van der Waals surface area contributed by atoms with E-state index >= 15 is 0 Å².